The average molecular weight is 575 g/mol. The Morgan fingerprint density at radius 3 is 2.31 bits per heavy atom. The highest BCUT2D eigenvalue weighted by atomic mass is 127. The molecule has 0 atom stereocenters. The van der Waals surface area contributed by atoms with Gasteiger partial charge >= 0.3 is 0 Å². The van der Waals surface area contributed by atoms with Crippen LogP contribution in [0.2, 0.25) is 0 Å². The largest absolute Gasteiger partial charge is 0.492 e. The molecule has 0 aliphatic carbocycles. The Morgan fingerprint density at radius 2 is 1.69 bits per heavy atom. The normalized spacial score (nSPS) is 11.7. The molecule has 0 aliphatic rings. The summed E-state index contributed by atoms with van der Waals surface area (Å²) in [7, 11) is -1.44. The van der Waals surface area contributed by atoms with Gasteiger partial charge in [0.25, 0.3) is 0 Å². The highest BCUT2D eigenvalue weighted by molar-refractivity contribution is 14.0. The fourth-order valence-corrected chi connectivity index (χ4v) is 4.50. The van der Waals surface area contributed by atoms with Gasteiger partial charge in [-0.2, -0.15) is 0 Å². The first-order chi connectivity index (χ1) is 14.8. The quantitative estimate of drug-likeness (QED) is 0.244. The van der Waals surface area contributed by atoms with Crippen molar-refractivity contribution in [3.8, 4) is 5.75 Å². The van der Waals surface area contributed by atoms with Gasteiger partial charge in [0.1, 0.15) is 12.4 Å². The number of sulfonamides is 1. The first kappa shape index (κ1) is 28.2. The third-order valence-corrected chi connectivity index (χ3v) is 5.93. The summed E-state index contributed by atoms with van der Waals surface area (Å²) in [6, 6.07) is 17.1. The summed E-state index contributed by atoms with van der Waals surface area (Å²) >= 11 is 0. The van der Waals surface area contributed by atoms with Crippen LogP contribution in [0.5, 0.6) is 5.75 Å². The summed E-state index contributed by atoms with van der Waals surface area (Å²) in [4.78, 5) is 6.73. The maximum atomic E-state index is 12.4. The highest BCUT2D eigenvalue weighted by Crippen LogP contribution is 2.14. The molecule has 0 spiro atoms. The van der Waals surface area contributed by atoms with Crippen molar-refractivity contribution < 1.29 is 13.2 Å². The van der Waals surface area contributed by atoms with E-state index in [1.54, 1.807) is 0 Å². The van der Waals surface area contributed by atoms with Crippen molar-refractivity contribution >= 4 is 40.0 Å². The standard InChI is InChI=1S/C23H34N4O3S.HI/c1-5-24-23(27(4)15-16-30-22-13-7-6-8-14-22)25-17-20-11-9-10-12-21(20)18-31(28,29)26-19(2)3;/h6-14,19,26H,5,15-18H2,1-4H3,(H,24,25);1H. The zero-order valence-electron chi connectivity index (χ0n) is 19.2. The molecule has 2 aromatic rings. The van der Waals surface area contributed by atoms with E-state index < -0.39 is 10.0 Å². The van der Waals surface area contributed by atoms with Gasteiger partial charge in [0, 0.05) is 19.6 Å². The summed E-state index contributed by atoms with van der Waals surface area (Å²) < 4.78 is 33.1. The Hall–Kier alpha value is -1.85. The predicted octanol–water partition coefficient (Wildman–Crippen LogP) is 3.61. The topological polar surface area (TPSA) is 83.0 Å². The molecule has 2 N–H and O–H groups in total. The number of hydrogen-bond acceptors (Lipinski definition) is 4. The van der Waals surface area contributed by atoms with Gasteiger partial charge in [0.2, 0.25) is 10.0 Å². The van der Waals surface area contributed by atoms with E-state index in [9.17, 15) is 8.42 Å². The van der Waals surface area contributed by atoms with Gasteiger partial charge in [0.05, 0.1) is 18.8 Å². The van der Waals surface area contributed by atoms with Gasteiger partial charge in [-0.25, -0.2) is 18.1 Å². The second kappa shape index (κ2) is 14.3. The third kappa shape index (κ3) is 10.2. The van der Waals surface area contributed by atoms with Crippen LogP contribution in [0.25, 0.3) is 0 Å². The van der Waals surface area contributed by atoms with Crippen molar-refractivity contribution in [1.29, 1.82) is 0 Å². The molecule has 0 aromatic heterocycles. The second-order valence-electron chi connectivity index (χ2n) is 7.55. The van der Waals surface area contributed by atoms with Crippen LogP contribution in [0.4, 0.5) is 0 Å². The number of guanidine groups is 1. The second-order valence-corrected chi connectivity index (χ2v) is 9.31. The van der Waals surface area contributed by atoms with Crippen LogP contribution in [0.15, 0.2) is 59.6 Å². The summed E-state index contributed by atoms with van der Waals surface area (Å²) in [5.41, 5.74) is 1.64. The first-order valence-electron chi connectivity index (χ1n) is 10.5. The number of nitrogens with one attached hydrogen (secondary N) is 2. The number of rotatable bonds is 11. The molecular formula is C23H35IN4O3S. The van der Waals surface area contributed by atoms with Gasteiger partial charge in [0.15, 0.2) is 5.96 Å². The monoisotopic (exact) mass is 574 g/mol. The van der Waals surface area contributed by atoms with Crippen molar-refractivity contribution in [1.82, 2.24) is 14.9 Å². The average Bonchev–Trinajstić information content (AvgIpc) is 2.71. The summed E-state index contributed by atoms with van der Waals surface area (Å²) in [5.74, 6) is 1.52. The fourth-order valence-electron chi connectivity index (χ4n) is 3.01. The van der Waals surface area contributed by atoms with Crippen LogP contribution in [-0.2, 0) is 22.3 Å². The van der Waals surface area contributed by atoms with E-state index in [4.69, 9.17) is 9.73 Å². The smallest absolute Gasteiger partial charge is 0.216 e. The van der Waals surface area contributed by atoms with Crippen LogP contribution >= 0.6 is 24.0 Å². The minimum Gasteiger partial charge on any atom is -0.492 e. The molecule has 7 nitrogen and oxygen atoms in total. The number of hydrogen-bond donors (Lipinski definition) is 2. The third-order valence-electron chi connectivity index (χ3n) is 4.41. The van der Waals surface area contributed by atoms with Crippen molar-refractivity contribution in [2.45, 2.75) is 39.1 Å². The molecule has 9 heteroatoms. The predicted molar refractivity (Wildman–Crippen MR) is 142 cm³/mol. The zero-order valence-corrected chi connectivity index (χ0v) is 22.4. The van der Waals surface area contributed by atoms with Crippen LogP contribution in [0.3, 0.4) is 0 Å². The first-order valence-corrected chi connectivity index (χ1v) is 12.2. The molecule has 2 rings (SSSR count). The van der Waals surface area contributed by atoms with Gasteiger partial charge < -0.3 is 15.0 Å². The maximum absolute atomic E-state index is 12.4. The van der Waals surface area contributed by atoms with E-state index in [0.29, 0.717) is 19.7 Å². The van der Waals surface area contributed by atoms with Crippen molar-refractivity contribution in [2.75, 3.05) is 26.7 Å². The van der Waals surface area contributed by atoms with E-state index >= 15 is 0 Å². The number of para-hydroxylation sites is 1. The Morgan fingerprint density at radius 1 is 1.06 bits per heavy atom. The van der Waals surface area contributed by atoms with E-state index in [1.807, 2.05) is 87.3 Å². The van der Waals surface area contributed by atoms with E-state index in [1.165, 1.54) is 0 Å². The maximum Gasteiger partial charge on any atom is 0.216 e. The molecule has 178 valence electrons. The van der Waals surface area contributed by atoms with Crippen LogP contribution in [-0.4, -0.2) is 52.1 Å². The Kier molecular flexibility index (Phi) is 12.6. The highest BCUT2D eigenvalue weighted by Gasteiger charge is 2.15. The van der Waals surface area contributed by atoms with Gasteiger partial charge in [-0.05, 0) is 44.0 Å². The molecule has 32 heavy (non-hydrogen) atoms. The van der Waals surface area contributed by atoms with Crippen molar-refractivity contribution in [3.05, 3.63) is 65.7 Å². The molecule has 0 radical (unpaired) electrons. The number of ether oxygens (including phenoxy) is 1. The Balaban J connectivity index is 0.00000512. The molecule has 0 heterocycles. The molecule has 0 saturated carbocycles. The lowest BCUT2D eigenvalue weighted by Gasteiger charge is -2.22. The number of benzene rings is 2. The summed E-state index contributed by atoms with van der Waals surface area (Å²) in [6.45, 7) is 7.95. The fraction of sp³-hybridized carbons (Fsp3) is 0.435. The number of likely N-dealkylation sites (N-methyl/N-ethyl adjacent to an activating group) is 1. The lowest BCUT2D eigenvalue weighted by molar-refractivity contribution is 0.281. The molecule has 0 unspecified atom stereocenters. The summed E-state index contributed by atoms with van der Waals surface area (Å²) in [6.07, 6.45) is 0. The van der Waals surface area contributed by atoms with Crippen LogP contribution in [0.1, 0.15) is 31.9 Å². The van der Waals surface area contributed by atoms with E-state index in [2.05, 4.69) is 10.0 Å². The molecule has 0 aliphatic heterocycles. The van der Waals surface area contributed by atoms with Crippen LogP contribution < -0.4 is 14.8 Å². The lowest BCUT2D eigenvalue weighted by Crippen LogP contribution is -2.40. The Bertz CT molecular complexity index is 937. The SMILES string of the molecule is CCNC(=NCc1ccccc1CS(=O)(=O)NC(C)C)N(C)CCOc1ccccc1.I. The zero-order chi connectivity index (χ0) is 22.7. The summed E-state index contributed by atoms with van der Waals surface area (Å²) in [5, 5.41) is 3.28. The molecule has 0 fully saturated rings. The van der Waals surface area contributed by atoms with E-state index in [0.717, 1.165) is 29.4 Å². The lowest BCUT2D eigenvalue weighted by atomic mass is 10.1. The van der Waals surface area contributed by atoms with Crippen LogP contribution in [0, 0.1) is 0 Å². The molecule has 0 amide bonds. The minimum atomic E-state index is -3.40. The number of halogens is 1. The number of nitrogens with zero attached hydrogens (tertiary/aromatic N) is 2. The molecule has 2 aromatic carbocycles. The molecule has 0 bridgehead atoms. The van der Waals surface area contributed by atoms with Gasteiger partial charge in [-0.3, -0.25) is 0 Å². The minimum absolute atomic E-state index is 0. The van der Waals surface area contributed by atoms with Crippen molar-refractivity contribution in [3.63, 3.8) is 0 Å². The van der Waals surface area contributed by atoms with E-state index in [-0.39, 0.29) is 35.8 Å². The molecule has 0 saturated heterocycles. The van der Waals surface area contributed by atoms with Gasteiger partial charge in [-0.15, -0.1) is 24.0 Å². The molecular weight excluding hydrogens is 539 g/mol. The number of aliphatic imine (C=N–C) groups is 1. The Labute approximate surface area is 209 Å². The van der Waals surface area contributed by atoms with Crippen molar-refractivity contribution in [2.24, 2.45) is 4.99 Å². The van der Waals surface area contributed by atoms with Gasteiger partial charge in [-0.1, -0.05) is 42.5 Å².